The molecule has 3 rings (SSSR count). The quantitative estimate of drug-likeness (QED) is 0.905. The molecule has 1 aromatic heterocycles. The minimum atomic E-state index is -0.137. The molecule has 1 saturated heterocycles. The van der Waals surface area contributed by atoms with E-state index in [0.717, 1.165) is 36.0 Å². The smallest absolute Gasteiger partial charge is 0.245 e. The maximum Gasteiger partial charge on any atom is 0.245 e. The molecule has 0 spiro atoms. The third-order valence-corrected chi connectivity index (χ3v) is 4.78. The number of nitrogens with one attached hydrogen (secondary N) is 1. The molecule has 128 valence electrons. The van der Waals surface area contributed by atoms with E-state index >= 15 is 0 Å². The van der Waals surface area contributed by atoms with Crippen molar-refractivity contribution in [3.05, 3.63) is 46.6 Å². The first-order chi connectivity index (χ1) is 11.5. The van der Waals surface area contributed by atoms with Crippen molar-refractivity contribution in [3.8, 4) is 0 Å². The molecule has 0 bridgehead atoms. The van der Waals surface area contributed by atoms with Crippen molar-refractivity contribution >= 4 is 23.3 Å². The number of hydrogen-bond donors (Lipinski definition) is 1. The molecule has 2 heterocycles. The van der Waals surface area contributed by atoms with Gasteiger partial charge in [-0.15, -0.1) is 0 Å². The summed E-state index contributed by atoms with van der Waals surface area (Å²) in [5.74, 6) is 1.28. The van der Waals surface area contributed by atoms with Crippen LogP contribution in [0.4, 0.5) is 5.82 Å². The molecule has 0 aliphatic carbocycles. The van der Waals surface area contributed by atoms with Crippen LogP contribution >= 0.6 is 11.6 Å². The zero-order chi connectivity index (χ0) is 17.3. The Bertz CT molecular complexity index is 742. The van der Waals surface area contributed by atoms with Crippen molar-refractivity contribution in [2.45, 2.75) is 32.2 Å². The van der Waals surface area contributed by atoms with E-state index < -0.39 is 0 Å². The first-order valence-electron chi connectivity index (χ1n) is 8.26. The van der Waals surface area contributed by atoms with Crippen LogP contribution in [-0.4, -0.2) is 34.8 Å². The van der Waals surface area contributed by atoms with Crippen molar-refractivity contribution in [2.24, 2.45) is 7.05 Å². The van der Waals surface area contributed by atoms with Crippen molar-refractivity contribution in [1.29, 1.82) is 0 Å². The van der Waals surface area contributed by atoms with Crippen LogP contribution in [0.2, 0.25) is 5.02 Å². The standard InChI is InChI=1S/C18H23ClN4O/c1-12(14-5-4-6-15(19)10-14)11-20-16-7-8-23(18(16)24)17-9-13(2)21-22(17)3/h4-6,9-10,12,16,20H,7-8,11H2,1-3H3/t12-,16-/m1/s1. The van der Waals surface area contributed by atoms with Gasteiger partial charge in [0.05, 0.1) is 11.7 Å². The summed E-state index contributed by atoms with van der Waals surface area (Å²) in [7, 11) is 1.87. The van der Waals surface area contributed by atoms with E-state index in [1.807, 2.05) is 43.1 Å². The first-order valence-corrected chi connectivity index (χ1v) is 8.64. The zero-order valence-electron chi connectivity index (χ0n) is 14.3. The molecule has 1 amide bonds. The molecule has 1 fully saturated rings. The second-order valence-corrected chi connectivity index (χ2v) is 6.90. The molecule has 1 aliphatic rings. The Morgan fingerprint density at radius 3 is 2.88 bits per heavy atom. The van der Waals surface area contributed by atoms with Crippen LogP contribution in [0.15, 0.2) is 30.3 Å². The van der Waals surface area contributed by atoms with Gasteiger partial charge in [0.15, 0.2) is 0 Å². The summed E-state index contributed by atoms with van der Waals surface area (Å²) in [5, 5.41) is 8.48. The average Bonchev–Trinajstić information content (AvgIpc) is 3.06. The van der Waals surface area contributed by atoms with Crippen LogP contribution < -0.4 is 10.2 Å². The van der Waals surface area contributed by atoms with E-state index in [-0.39, 0.29) is 11.9 Å². The number of anilines is 1. The Morgan fingerprint density at radius 2 is 2.21 bits per heavy atom. The zero-order valence-corrected chi connectivity index (χ0v) is 15.0. The van der Waals surface area contributed by atoms with Gasteiger partial charge in [0.1, 0.15) is 5.82 Å². The summed E-state index contributed by atoms with van der Waals surface area (Å²) in [5.41, 5.74) is 2.10. The van der Waals surface area contributed by atoms with Gasteiger partial charge in [-0.05, 0) is 37.0 Å². The number of hydrogen-bond acceptors (Lipinski definition) is 3. The fourth-order valence-corrected chi connectivity index (χ4v) is 3.40. The Balaban J connectivity index is 1.61. The molecule has 1 N–H and O–H groups in total. The summed E-state index contributed by atoms with van der Waals surface area (Å²) >= 11 is 6.05. The van der Waals surface area contributed by atoms with Crippen LogP contribution in [0, 0.1) is 6.92 Å². The van der Waals surface area contributed by atoms with Crippen molar-refractivity contribution in [1.82, 2.24) is 15.1 Å². The largest absolute Gasteiger partial charge is 0.305 e. The number of carbonyl (C=O) groups is 1. The van der Waals surface area contributed by atoms with E-state index in [1.54, 1.807) is 4.68 Å². The van der Waals surface area contributed by atoms with Gasteiger partial charge >= 0.3 is 0 Å². The van der Waals surface area contributed by atoms with Crippen LogP contribution in [0.5, 0.6) is 0 Å². The fourth-order valence-electron chi connectivity index (χ4n) is 3.20. The molecule has 24 heavy (non-hydrogen) atoms. The normalized spacial score (nSPS) is 19.1. The summed E-state index contributed by atoms with van der Waals surface area (Å²) in [6.07, 6.45) is 0.811. The van der Waals surface area contributed by atoms with Gasteiger partial charge in [-0.25, -0.2) is 0 Å². The van der Waals surface area contributed by atoms with Gasteiger partial charge in [-0.2, -0.15) is 5.10 Å². The number of benzene rings is 1. The molecule has 0 saturated carbocycles. The van der Waals surface area contributed by atoms with E-state index in [0.29, 0.717) is 5.92 Å². The fraction of sp³-hybridized carbons (Fsp3) is 0.444. The van der Waals surface area contributed by atoms with Crippen LogP contribution in [-0.2, 0) is 11.8 Å². The molecule has 1 aliphatic heterocycles. The SMILES string of the molecule is Cc1cc(N2CC[C@@H](NC[C@@H](C)c3cccc(Cl)c3)C2=O)n(C)n1. The van der Waals surface area contributed by atoms with E-state index in [4.69, 9.17) is 11.6 Å². The number of amides is 1. The molecule has 5 nitrogen and oxygen atoms in total. The number of aryl methyl sites for hydroxylation is 2. The van der Waals surface area contributed by atoms with Crippen LogP contribution in [0.1, 0.15) is 30.5 Å². The minimum absolute atomic E-state index is 0.122. The highest BCUT2D eigenvalue weighted by molar-refractivity contribution is 6.30. The minimum Gasteiger partial charge on any atom is -0.305 e. The second-order valence-electron chi connectivity index (χ2n) is 6.46. The molecular formula is C18H23ClN4O. The van der Waals surface area contributed by atoms with Crippen molar-refractivity contribution < 1.29 is 4.79 Å². The maximum atomic E-state index is 12.7. The summed E-state index contributed by atoms with van der Waals surface area (Å²) in [6.45, 7) is 5.54. The molecule has 2 atom stereocenters. The van der Waals surface area contributed by atoms with Gasteiger partial charge in [0.2, 0.25) is 5.91 Å². The van der Waals surface area contributed by atoms with Gasteiger partial charge < -0.3 is 5.32 Å². The van der Waals surface area contributed by atoms with Crippen molar-refractivity contribution in [2.75, 3.05) is 18.0 Å². The third-order valence-electron chi connectivity index (χ3n) is 4.55. The molecule has 2 aromatic rings. The number of rotatable bonds is 5. The predicted octanol–water partition coefficient (Wildman–Crippen LogP) is 2.88. The predicted molar refractivity (Wildman–Crippen MR) is 96.6 cm³/mol. The van der Waals surface area contributed by atoms with Crippen molar-refractivity contribution in [3.63, 3.8) is 0 Å². The molecule has 0 radical (unpaired) electrons. The molecule has 0 unspecified atom stereocenters. The number of carbonyl (C=O) groups excluding carboxylic acids is 1. The summed E-state index contributed by atoms with van der Waals surface area (Å²) in [6, 6.07) is 9.70. The lowest BCUT2D eigenvalue weighted by atomic mass is 10.0. The van der Waals surface area contributed by atoms with E-state index in [2.05, 4.69) is 23.4 Å². The lowest BCUT2D eigenvalue weighted by molar-refractivity contribution is -0.118. The highest BCUT2D eigenvalue weighted by Gasteiger charge is 2.33. The Kier molecular flexibility index (Phi) is 4.92. The molecule has 6 heteroatoms. The van der Waals surface area contributed by atoms with Gasteiger partial charge in [-0.1, -0.05) is 30.7 Å². The van der Waals surface area contributed by atoms with Crippen LogP contribution in [0.25, 0.3) is 0 Å². The molecule has 1 aromatic carbocycles. The monoisotopic (exact) mass is 346 g/mol. The summed E-state index contributed by atoms with van der Waals surface area (Å²) in [4.78, 5) is 14.5. The lowest BCUT2D eigenvalue weighted by Gasteiger charge is -2.19. The highest BCUT2D eigenvalue weighted by Crippen LogP contribution is 2.23. The topological polar surface area (TPSA) is 50.2 Å². The maximum absolute atomic E-state index is 12.7. The number of nitrogens with zero attached hydrogens (tertiary/aromatic N) is 3. The van der Waals surface area contributed by atoms with Crippen LogP contribution in [0.3, 0.4) is 0 Å². The Labute approximate surface area is 147 Å². The van der Waals surface area contributed by atoms with Gasteiger partial charge in [-0.3, -0.25) is 14.4 Å². The van der Waals surface area contributed by atoms with Gasteiger partial charge in [0, 0.05) is 31.2 Å². The highest BCUT2D eigenvalue weighted by atomic mass is 35.5. The summed E-state index contributed by atoms with van der Waals surface area (Å²) < 4.78 is 1.77. The number of aromatic nitrogens is 2. The number of halogens is 1. The van der Waals surface area contributed by atoms with Gasteiger partial charge in [0.25, 0.3) is 0 Å². The van der Waals surface area contributed by atoms with E-state index in [1.165, 1.54) is 5.56 Å². The first kappa shape index (κ1) is 17.0. The third kappa shape index (κ3) is 3.47. The second kappa shape index (κ2) is 6.95. The molecular weight excluding hydrogens is 324 g/mol. The Hall–Kier alpha value is -1.85. The average molecular weight is 347 g/mol. The lowest BCUT2D eigenvalue weighted by Crippen LogP contribution is -2.40. The Morgan fingerprint density at radius 1 is 1.42 bits per heavy atom. The van der Waals surface area contributed by atoms with E-state index in [9.17, 15) is 4.79 Å².